The lowest BCUT2D eigenvalue weighted by atomic mass is 9.95. The van der Waals surface area contributed by atoms with Gasteiger partial charge in [0.25, 0.3) is 0 Å². The molecule has 5 heteroatoms. The van der Waals surface area contributed by atoms with Crippen molar-refractivity contribution in [2.24, 2.45) is 11.8 Å². The fraction of sp³-hybridized carbons (Fsp3) is 0.500. The molecular formula is C22H27NO3S. The van der Waals surface area contributed by atoms with E-state index < -0.39 is 0 Å². The Hall–Kier alpha value is -1.85. The van der Waals surface area contributed by atoms with Crippen molar-refractivity contribution in [1.82, 2.24) is 0 Å². The first-order valence-electron chi connectivity index (χ1n) is 9.95. The van der Waals surface area contributed by atoms with Crippen LogP contribution in [0.15, 0.2) is 41.8 Å². The molecule has 4 nitrogen and oxygen atoms in total. The Labute approximate surface area is 164 Å². The number of epoxide rings is 1. The molecular weight excluding hydrogens is 358 g/mol. The molecule has 1 saturated carbocycles. The van der Waals surface area contributed by atoms with Gasteiger partial charge in [0, 0.05) is 10.4 Å². The number of ether oxygens (including phenoxy) is 2. The summed E-state index contributed by atoms with van der Waals surface area (Å²) in [4.78, 5) is 13.8. The summed E-state index contributed by atoms with van der Waals surface area (Å²) < 4.78 is 11.8. The highest BCUT2D eigenvalue weighted by molar-refractivity contribution is 7.13. The lowest BCUT2D eigenvalue weighted by Crippen LogP contribution is -2.26. The molecule has 144 valence electrons. The molecule has 27 heavy (non-hydrogen) atoms. The van der Waals surface area contributed by atoms with E-state index in [1.165, 1.54) is 0 Å². The normalized spacial score (nSPS) is 29.5. The predicted octanol–water partition coefficient (Wildman–Crippen LogP) is 5.95. The summed E-state index contributed by atoms with van der Waals surface area (Å²) in [5, 5.41) is 5.01. The molecule has 1 aromatic heterocycles. The highest BCUT2D eigenvalue weighted by atomic mass is 32.1. The van der Waals surface area contributed by atoms with E-state index in [2.05, 4.69) is 25.2 Å². The summed E-state index contributed by atoms with van der Waals surface area (Å²) in [5.41, 5.74) is 1.82. The van der Waals surface area contributed by atoms with Crippen LogP contribution in [-0.4, -0.2) is 24.4 Å². The van der Waals surface area contributed by atoms with Crippen LogP contribution in [0.3, 0.4) is 0 Å². The molecule has 2 aliphatic rings. The number of rotatable bonds is 5. The third-order valence-corrected chi connectivity index (χ3v) is 6.80. The number of thiophene rings is 1. The first kappa shape index (κ1) is 18.5. The highest BCUT2D eigenvalue weighted by Gasteiger charge is 2.51. The van der Waals surface area contributed by atoms with Gasteiger partial charge in [0.2, 0.25) is 0 Å². The number of amides is 1. The van der Waals surface area contributed by atoms with Crippen molar-refractivity contribution in [3.63, 3.8) is 0 Å². The Morgan fingerprint density at radius 1 is 1.11 bits per heavy atom. The molecule has 1 amide bonds. The summed E-state index contributed by atoms with van der Waals surface area (Å²) in [6.45, 7) is 4.40. The van der Waals surface area contributed by atoms with Crippen LogP contribution >= 0.6 is 11.3 Å². The minimum absolute atomic E-state index is 0.0369. The number of benzene rings is 1. The fourth-order valence-corrected chi connectivity index (χ4v) is 5.12. The van der Waals surface area contributed by atoms with Crippen molar-refractivity contribution >= 4 is 23.1 Å². The molecule has 1 aliphatic carbocycles. The molecule has 0 bridgehead atoms. The second-order valence-corrected chi connectivity index (χ2v) is 8.50. The van der Waals surface area contributed by atoms with Crippen molar-refractivity contribution in [3.8, 4) is 10.4 Å². The zero-order chi connectivity index (χ0) is 18.8. The van der Waals surface area contributed by atoms with Gasteiger partial charge >= 0.3 is 6.09 Å². The first-order valence-corrected chi connectivity index (χ1v) is 10.8. The van der Waals surface area contributed by atoms with Gasteiger partial charge in [-0.1, -0.05) is 51.0 Å². The van der Waals surface area contributed by atoms with Gasteiger partial charge in [-0.25, -0.2) is 4.79 Å². The molecule has 2 heterocycles. The van der Waals surface area contributed by atoms with E-state index in [1.54, 1.807) is 11.3 Å². The molecule has 2 fully saturated rings. The van der Waals surface area contributed by atoms with E-state index in [4.69, 9.17) is 9.47 Å². The number of hydrogen-bond acceptors (Lipinski definition) is 4. The lowest BCUT2D eigenvalue weighted by molar-refractivity contribution is 0.0680. The van der Waals surface area contributed by atoms with Crippen LogP contribution in [0.25, 0.3) is 10.4 Å². The molecule has 1 saturated heterocycles. The van der Waals surface area contributed by atoms with Gasteiger partial charge in [-0.2, -0.15) is 0 Å². The molecule has 0 spiro atoms. The number of nitrogens with one attached hydrogen (secondary N) is 1. The zero-order valence-electron chi connectivity index (χ0n) is 15.9. The minimum atomic E-state index is -0.356. The van der Waals surface area contributed by atoms with Crippen LogP contribution in [0.1, 0.15) is 39.5 Å². The molecule has 1 aromatic carbocycles. The van der Waals surface area contributed by atoms with Crippen LogP contribution in [0.5, 0.6) is 0 Å². The van der Waals surface area contributed by atoms with E-state index >= 15 is 0 Å². The predicted molar refractivity (Wildman–Crippen MR) is 109 cm³/mol. The van der Waals surface area contributed by atoms with Crippen LogP contribution in [-0.2, 0) is 9.47 Å². The van der Waals surface area contributed by atoms with Gasteiger partial charge in [0.1, 0.15) is 6.10 Å². The Kier molecular flexibility index (Phi) is 5.50. The standard InChI is InChI=1S/C22H27NO3S/c1-3-14-12-16(13-15(4-2)21-20(14)26-21)25-22(24)23-18-9-6-5-8-17(18)19-10-7-11-27-19/h5-11,14-16,20-21H,3-4,12-13H2,1-2H3,(H,23,24)/t14-,15+,16-,20-,21+. The van der Waals surface area contributed by atoms with Crippen LogP contribution in [0.2, 0.25) is 0 Å². The number of carbonyl (C=O) groups excluding carboxylic acids is 1. The van der Waals surface area contributed by atoms with E-state index in [0.717, 1.165) is 41.8 Å². The van der Waals surface area contributed by atoms with Crippen molar-refractivity contribution in [2.75, 3.05) is 5.32 Å². The smallest absolute Gasteiger partial charge is 0.411 e. The number of hydrogen-bond donors (Lipinski definition) is 1. The summed E-state index contributed by atoms with van der Waals surface area (Å²) >= 11 is 1.66. The first-order chi connectivity index (χ1) is 13.2. The van der Waals surface area contributed by atoms with Crippen molar-refractivity contribution in [2.45, 2.75) is 57.8 Å². The Bertz CT molecular complexity index is 758. The monoisotopic (exact) mass is 385 g/mol. The van der Waals surface area contributed by atoms with Gasteiger partial charge in [0.05, 0.1) is 17.9 Å². The third-order valence-electron chi connectivity index (χ3n) is 5.89. The van der Waals surface area contributed by atoms with Gasteiger partial charge < -0.3 is 9.47 Å². The van der Waals surface area contributed by atoms with Crippen molar-refractivity contribution < 1.29 is 14.3 Å². The third kappa shape index (κ3) is 4.04. The number of anilines is 1. The molecule has 2 aromatic rings. The number of fused-ring (bicyclic) bond motifs is 1. The second kappa shape index (κ2) is 8.03. The van der Waals surface area contributed by atoms with Crippen molar-refractivity contribution in [1.29, 1.82) is 0 Å². The van der Waals surface area contributed by atoms with E-state index in [-0.39, 0.29) is 12.2 Å². The lowest BCUT2D eigenvalue weighted by Gasteiger charge is -2.23. The average molecular weight is 386 g/mol. The summed E-state index contributed by atoms with van der Waals surface area (Å²) in [6.07, 6.45) is 4.28. The summed E-state index contributed by atoms with van der Waals surface area (Å²) in [6, 6.07) is 12.0. The quantitative estimate of drug-likeness (QED) is 0.647. The van der Waals surface area contributed by atoms with Gasteiger partial charge in [0.15, 0.2) is 0 Å². The van der Waals surface area contributed by atoms with Gasteiger partial charge in [-0.05, 0) is 42.2 Å². The number of para-hydroxylation sites is 1. The Morgan fingerprint density at radius 2 is 1.81 bits per heavy atom. The largest absolute Gasteiger partial charge is 0.446 e. The van der Waals surface area contributed by atoms with Crippen LogP contribution < -0.4 is 5.32 Å². The Balaban J connectivity index is 1.44. The number of carbonyl (C=O) groups is 1. The zero-order valence-corrected chi connectivity index (χ0v) is 16.7. The van der Waals surface area contributed by atoms with Gasteiger partial charge in [-0.15, -0.1) is 11.3 Å². The van der Waals surface area contributed by atoms with Gasteiger partial charge in [-0.3, -0.25) is 5.32 Å². The molecule has 1 N–H and O–H groups in total. The fourth-order valence-electron chi connectivity index (χ4n) is 4.36. The molecule has 4 rings (SSSR count). The molecule has 0 radical (unpaired) electrons. The maximum atomic E-state index is 12.6. The summed E-state index contributed by atoms with van der Waals surface area (Å²) in [7, 11) is 0. The van der Waals surface area contributed by atoms with Crippen molar-refractivity contribution in [3.05, 3.63) is 41.8 Å². The molecule has 1 aliphatic heterocycles. The van der Waals surface area contributed by atoms with E-state index in [1.807, 2.05) is 35.7 Å². The second-order valence-electron chi connectivity index (χ2n) is 7.55. The molecule has 0 unspecified atom stereocenters. The Morgan fingerprint density at radius 3 is 2.44 bits per heavy atom. The minimum Gasteiger partial charge on any atom is -0.446 e. The molecule has 5 atom stereocenters. The average Bonchev–Trinajstić information content (AvgIpc) is 3.30. The SMILES string of the molecule is CC[C@@H]1C[C@@H](OC(=O)Nc2ccccc2-c2cccs2)C[C@H](CC)[C@@H]2O[C@H]12. The topological polar surface area (TPSA) is 50.9 Å². The van der Waals surface area contributed by atoms with Crippen LogP contribution in [0.4, 0.5) is 10.5 Å². The highest BCUT2D eigenvalue weighted by Crippen LogP contribution is 2.45. The van der Waals surface area contributed by atoms with Crippen LogP contribution in [0, 0.1) is 11.8 Å². The van der Waals surface area contributed by atoms with E-state index in [9.17, 15) is 4.79 Å². The maximum Gasteiger partial charge on any atom is 0.411 e. The summed E-state index contributed by atoms with van der Waals surface area (Å²) in [5.74, 6) is 0.977. The van der Waals surface area contributed by atoms with E-state index in [0.29, 0.717) is 24.0 Å². The maximum absolute atomic E-state index is 12.6.